The molecule has 1 unspecified atom stereocenters. The molecule has 20 heavy (non-hydrogen) atoms. The fraction of sp³-hybridized carbons (Fsp3) is 0.273. The van der Waals surface area contributed by atoms with Crippen LogP contribution in [0.15, 0.2) is 24.3 Å². The lowest BCUT2D eigenvalue weighted by molar-refractivity contribution is -0.138. The highest BCUT2D eigenvalue weighted by Gasteiger charge is 2.18. The molecule has 6 N–H and O–H groups in total. The van der Waals surface area contributed by atoms with Gasteiger partial charge in [-0.1, -0.05) is 6.07 Å². The largest absolute Gasteiger partial charge is 0.480 e. The summed E-state index contributed by atoms with van der Waals surface area (Å²) in [4.78, 5) is 40.0. The van der Waals surface area contributed by atoms with E-state index in [2.05, 4.69) is 5.32 Å². The van der Waals surface area contributed by atoms with Crippen molar-refractivity contribution >= 4 is 30.5 Å². The van der Waals surface area contributed by atoms with E-state index in [-0.39, 0.29) is 23.8 Å². The van der Waals surface area contributed by atoms with Gasteiger partial charge < -0.3 is 25.9 Å². The molecule has 0 fully saturated rings. The molecule has 8 nitrogen and oxygen atoms in total. The first-order chi connectivity index (χ1) is 9.20. The van der Waals surface area contributed by atoms with Gasteiger partial charge in [0.15, 0.2) is 0 Å². The summed E-state index contributed by atoms with van der Waals surface area (Å²) in [5.74, 6) is -1.68. The molecule has 110 valence electrons. The summed E-state index contributed by atoms with van der Waals surface area (Å²) in [7, 11) is -4.38. The van der Waals surface area contributed by atoms with Crippen molar-refractivity contribution in [2.45, 2.75) is 18.9 Å². The molecule has 0 aliphatic rings. The van der Waals surface area contributed by atoms with Gasteiger partial charge in [0.25, 0.3) is 0 Å². The normalized spacial score (nSPS) is 12.8. The molecule has 1 aromatic rings. The van der Waals surface area contributed by atoms with Crippen LogP contribution in [-0.4, -0.2) is 32.8 Å². The molecule has 9 heteroatoms. The van der Waals surface area contributed by atoms with E-state index < -0.39 is 25.5 Å². The van der Waals surface area contributed by atoms with Crippen molar-refractivity contribution in [2.75, 3.05) is 5.32 Å². The average molecular weight is 302 g/mol. The molecule has 1 rings (SSSR count). The quantitative estimate of drug-likeness (QED) is 0.449. The molecule has 0 spiro atoms. The highest BCUT2D eigenvalue weighted by atomic mass is 31.2. The molecule has 1 amide bonds. The van der Waals surface area contributed by atoms with E-state index in [0.29, 0.717) is 0 Å². The average Bonchev–Trinajstić information content (AvgIpc) is 2.35. The summed E-state index contributed by atoms with van der Waals surface area (Å²) in [6, 6.07) is 4.15. The van der Waals surface area contributed by atoms with Gasteiger partial charge in [-0.25, -0.2) is 0 Å². The van der Waals surface area contributed by atoms with Crippen LogP contribution in [0.2, 0.25) is 0 Å². The first kappa shape index (κ1) is 16.3. The zero-order valence-electron chi connectivity index (χ0n) is 10.4. The van der Waals surface area contributed by atoms with Gasteiger partial charge in [0.1, 0.15) is 6.04 Å². The van der Waals surface area contributed by atoms with Crippen molar-refractivity contribution in [1.82, 2.24) is 0 Å². The third-order valence-electron chi connectivity index (χ3n) is 2.47. The van der Waals surface area contributed by atoms with Crippen LogP contribution in [0.25, 0.3) is 0 Å². The van der Waals surface area contributed by atoms with Crippen LogP contribution >= 0.6 is 7.60 Å². The zero-order chi connectivity index (χ0) is 15.3. The number of rotatable bonds is 6. The monoisotopic (exact) mass is 302 g/mol. The van der Waals surface area contributed by atoms with Gasteiger partial charge in [-0.15, -0.1) is 0 Å². The van der Waals surface area contributed by atoms with Gasteiger partial charge >= 0.3 is 13.6 Å². The maximum Gasteiger partial charge on any atom is 0.356 e. The van der Waals surface area contributed by atoms with Crippen LogP contribution < -0.4 is 16.4 Å². The SMILES string of the molecule is NC(CCC(=O)Nc1cccc(P(=O)(O)O)c1)C(=O)O. The summed E-state index contributed by atoms with van der Waals surface area (Å²) in [5.41, 5.74) is 5.48. The van der Waals surface area contributed by atoms with Crippen LogP contribution in [0.5, 0.6) is 0 Å². The number of benzene rings is 1. The molecule has 0 radical (unpaired) electrons. The third-order valence-corrected chi connectivity index (χ3v) is 3.42. The Labute approximate surface area is 114 Å². The molecule has 1 atom stereocenters. The van der Waals surface area contributed by atoms with Crippen molar-refractivity contribution in [1.29, 1.82) is 0 Å². The minimum Gasteiger partial charge on any atom is -0.480 e. The van der Waals surface area contributed by atoms with E-state index in [9.17, 15) is 14.2 Å². The number of carboxylic acid groups (broad SMARTS) is 1. The molecule has 0 bridgehead atoms. The first-order valence-electron chi connectivity index (χ1n) is 5.64. The molecule has 1 aromatic carbocycles. The topological polar surface area (TPSA) is 150 Å². The van der Waals surface area contributed by atoms with Crippen molar-refractivity contribution in [2.24, 2.45) is 5.73 Å². The number of carboxylic acids is 1. The lowest BCUT2D eigenvalue weighted by Crippen LogP contribution is -2.31. The van der Waals surface area contributed by atoms with Crippen molar-refractivity contribution in [3.63, 3.8) is 0 Å². The number of hydrogen-bond donors (Lipinski definition) is 5. The van der Waals surface area contributed by atoms with E-state index in [1.54, 1.807) is 0 Å². The van der Waals surface area contributed by atoms with Crippen LogP contribution in [0.3, 0.4) is 0 Å². The van der Waals surface area contributed by atoms with Crippen LogP contribution in [0, 0.1) is 0 Å². The molecular weight excluding hydrogens is 287 g/mol. The summed E-state index contributed by atoms with van der Waals surface area (Å²) in [6.45, 7) is 0. The van der Waals surface area contributed by atoms with Crippen LogP contribution in [0.1, 0.15) is 12.8 Å². The summed E-state index contributed by atoms with van der Waals surface area (Å²) in [6.07, 6.45) is -0.132. The highest BCUT2D eigenvalue weighted by molar-refractivity contribution is 7.60. The van der Waals surface area contributed by atoms with Gasteiger partial charge in [0, 0.05) is 12.1 Å². The van der Waals surface area contributed by atoms with Gasteiger partial charge in [-0.05, 0) is 24.6 Å². The molecule has 0 aromatic heterocycles. The van der Waals surface area contributed by atoms with Gasteiger partial charge in [0.05, 0.1) is 5.30 Å². The van der Waals surface area contributed by atoms with E-state index >= 15 is 0 Å². The molecule has 0 saturated carbocycles. The minimum atomic E-state index is -4.38. The van der Waals surface area contributed by atoms with Crippen molar-refractivity contribution in [3.05, 3.63) is 24.3 Å². The zero-order valence-corrected chi connectivity index (χ0v) is 11.3. The molecule has 0 aliphatic heterocycles. The lowest BCUT2D eigenvalue weighted by atomic mass is 10.1. The Morgan fingerprint density at radius 1 is 1.35 bits per heavy atom. The molecule has 0 aliphatic carbocycles. The highest BCUT2D eigenvalue weighted by Crippen LogP contribution is 2.33. The second-order valence-electron chi connectivity index (χ2n) is 4.13. The smallest absolute Gasteiger partial charge is 0.356 e. The van der Waals surface area contributed by atoms with E-state index in [1.165, 1.54) is 18.2 Å². The fourth-order valence-electron chi connectivity index (χ4n) is 1.40. The van der Waals surface area contributed by atoms with Crippen molar-refractivity contribution in [3.8, 4) is 0 Å². The minimum absolute atomic E-state index is 0.0284. The Morgan fingerprint density at radius 3 is 2.55 bits per heavy atom. The Hall–Kier alpha value is -1.73. The summed E-state index contributed by atoms with van der Waals surface area (Å²) >= 11 is 0. The summed E-state index contributed by atoms with van der Waals surface area (Å²) < 4.78 is 11.1. The van der Waals surface area contributed by atoms with Gasteiger partial charge in [0.2, 0.25) is 5.91 Å². The van der Waals surface area contributed by atoms with Gasteiger partial charge in [-0.2, -0.15) is 0 Å². The Bertz CT molecular complexity index is 556. The van der Waals surface area contributed by atoms with Crippen molar-refractivity contribution < 1.29 is 29.0 Å². The Kier molecular flexibility index (Phi) is 5.41. The maximum atomic E-state index is 11.5. The van der Waals surface area contributed by atoms with E-state index in [1.807, 2.05) is 0 Å². The fourth-order valence-corrected chi connectivity index (χ4v) is 1.99. The number of nitrogens with two attached hydrogens (primary N) is 1. The van der Waals surface area contributed by atoms with Crippen LogP contribution in [0.4, 0.5) is 5.69 Å². The summed E-state index contributed by atoms with van der Waals surface area (Å²) in [5, 5.41) is 10.8. The number of aliphatic carboxylic acids is 1. The number of amides is 1. The van der Waals surface area contributed by atoms with Crippen LogP contribution in [-0.2, 0) is 14.2 Å². The number of carbonyl (C=O) groups excluding carboxylic acids is 1. The predicted molar refractivity (Wildman–Crippen MR) is 71.6 cm³/mol. The lowest BCUT2D eigenvalue weighted by Gasteiger charge is -2.09. The number of carbonyl (C=O) groups is 2. The number of nitrogens with one attached hydrogen (secondary N) is 1. The standard InChI is InChI=1S/C11H15N2O6P/c12-9(11(15)16)4-5-10(14)13-7-2-1-3-8(6-7)20(17,18)19/h1-3,6,9H,4-5,12H2,(H,13,14)(H,15,16)(H2,17,18,19). The first-order valence-corrected chi connectivity index (χ1v) is 7.26. The predicted octanol–water partition coefficient (Wildman–Crippen LogP) is -0.380. The van der Waals surface area contributed by atoms with E-state index in [0.717, 1.165) is 6.07 Å². The number of hydrogen-bond acceptors (Lipinski definition) is 4. The molecule has 0 heterocycles. The Balaban J connectivity index is 2.63. The second kappa shape index (κ2) is 6.62. The Morgan fingerprint density at radius 2 is 2.00 bits per heavy atom. The molecular formula is C11H15N2O6P. The third kappa shape index (κ3) is 5.10. The number of anilines is 1. The van der Waals surface area contributed by atoms with E-state index in [4.69, 9.17) is 20.6 Å². The maximum absolute atomic E-state index is 11.5. The van der Waals surface area contributed by atoms with Gasteiger partial charge in [-0.3, -0.25) is 14.2 Å². The second-order valence-corrected chi connectivity index (χ2v) is 5.73. The molecule has 0 saturated heterocycles.